The standard InChI is InChI=1S/C9H11FN2O3S/c1-6-2-3-7(4-8(6)10)16(14,15)12-5-9(11)13/h2-4,12H,5H2,1H3,(H2,11,13). The minimum absolute atomic E-state index is 0.239. The van der Waals surface area contributed by atoms with Gasteiger partial charge >= 0.3 is 0 Å². The van der Waals surface area contributed by atoms with Gasteiger partial charge in [0.25, 0.3) is 0 Å². The summed E-state index contributed by atoms with van der Waals surface area (Å²) >= 11 is 0. The summed E-state index contributed by atoms with van der Waals surface area (Å²) in [7, 11) is -3.89. The fraction of sp³-hybridized carbons (Fsp3) is 0.222. The molecule has 0 heterocycles. The Kier molecular flexibility index (Phi) is 3.61. The van der Waals surface area contributed by atoms with E-state index in [4.69, 9.17) is 5.73 Å². The molecule has 16 heavy (non-hydrogen) atoms. The third kappa shape index (κ3) is 3.01. The highest BCUT2D eigenvalue weighted by molar-refractivity contribution is 7.89. The van der Waals surface area contributed by atoms with Gasteiger partial charge in [0.05, 0.1) is 11.4 Å². The molecular formula is C9H11FN2O3S. The highest BCUT2D eigenvalue weighted by Crippen LogP contribution is 2.13. The molecule has 1 aromatic rings. The van der Waals surface area contributed by atoms with E-state index >= 15 is 0 Å². The predicted molar refractivity (Wildman–Crippen MR) is 55.5 cm³/mol. The van der Waals surface area contributed by atoms with Crippen LogP contribution in [0.25, 0.3) is 0 Å². The van der Waals surface area contributed by atoms with Crippen molar-refractivity contribution in [3.8, 4) is 0 Å². The third-order valence-electron chi connectivity index (χ3n) is 1.89. The first kappa shape index (κ1) is 12.6. The maximum atomic E-state index is 13.1. The smallest absolute Gasteiger partial charge is 0.241 e. The highest BCUT2D eigenvalue weighted by Gasteiger charge is 2.15. The lowest BCUT2D eigenvalue weighted by molar-refractivity contribution is -0.116. The lowest BCUT2D eigenvalue weighted by Gasteiger charge is -2.05. The number of sulfonamides is 1. The zero-order valence-electron chi connectivity index (χ0n) is 8.53. The van der Waals surface area contributed by atoms with Crippen LogP contribution in [-0.4, -0.2) is 20.9 Å². The van der Waals surface area contributed by atoms with E-state index in [1.165, 1.54) is 19.1 Å². The van der Waals surface area contributed by atoms with Crippen LogP contribution in [0.1, 0.15) is 5.56 Å². The minimum Gasteiger partial charge on any atom is -0.369 e. The first-order chi connectivity index (χ1) is 7.33. The van der Waals surface area contributed by atoms with Crippen LogP contribution in [-0.2, 0) is 14.8 Å². The fourth-order valence-corrected chi connectivity index (χ4v) is 1.99. The van der Waals surface area contributed by atoms with Crippen molar-refractivity contribution in [2.45, 2.75) is 11.8 Å². The summed E-state index contributed by atoms with van der Waals surface area (Å²) in [5.74, 6) is -1.43. The average Bonchev–Trinajstić information content (AvgIpc) is 2.19. The molecule has 1 amide bonds. The fourth-order valence-electron chi connectivity index (χ4n) is 0.990. The summed E-state index contributed by atoms with van der Waals surface area (Å²) in [6.45, 7) is 1.00. The molecule has 0 radical (unpaired) electrons. The molecule has 0 spiro atoms. The van der Waals surface area contributed by atoms with Crippen LogP contribution in [0.2, 0.25) is 0 Å². The normalized spacial score (nSPS) is 11.4. The topological polar surface area (TPSA) is 89.3 Å². The molecule has 0 atom stereocenters. The number of hydrogen-bond donors (Lipinski definition) is 2. The molecule has 0 unspecified atom stereocenters. The monoisotopic (exact) mass is 246 g/mol. The van der Waals surface area contributed by atoms with Crippen LogP contribution in [0.5, 0.6) is 0 Å². The van der Waals surface area contributed by atoms with Crippen LogP contribution in [0.4, 0.5) is 4.39 Å². The molecule has 0 aliphatic heterocycles. The second kappa shape index (κ2) is 4.58. The van der Waals surface area contributed by atoms with Crippen molar-refractivity contribution in [1.82, 2.24) is 4.72 Å². The molecule has 1 aromatic carbocycles. The summed E-state index contributed by atoms with van der Waals surface area (Å²) in [5.41, 5.74) is 5.13. The van der Waals surface area contributed by atoms with E-state index in [1.54, 1.807) is 0 Å². The minimum atomic E-state index is -3.89. The number of primary amides is 1. The van der Waals surface area contributed by atoms with Gasteiger partial charge in [0, 0.05) is 0 Å². The molecule has 0 aliphatic rings. The van der Waals surface area contributed by atoms with Gasteiger partial charge in [0.2, 0.25) is 15.9 Å². The number of halogens is 1. The summed E-state index contributed by atoms with van der Waals surface area (Å²) in [4.78, 5) is 10.2. The van der Waals surface area contributed by atoms with Gasteiger partial charge in [-0.05, 0) is 24.6 Å². The number of carbonyl (C=O) groups is 1. The molecule has 0 aromatic heterocycles. The Morgan fingerprint density at radius 2 is 2.12 bits per heavy atom. The Morgan fingerprint density at radius 1 is 1.50 bits per heavy atom. The van der Waals surface area contributed by atoms with Gasteiger partial charge in [-0.2, -0.15) is 0 Å². The van der Waals surface area contributed by atoms with Crippen molar-refractivity contribution in [1.29, 1.82) is 0 Å². The Hall–Kier alpha value is -1.47. The van der Waals surface area contributed by atoms with Crippen molar-refractivity contribution in [3.63, 3.8) is 0 Å². The largest absolute Gasteiger partial charge is 0.369 e. The van der Waals surface area contributed by atoms with Crippen molar-refractivity contribution in [2.75, 3.05) is 6.54 Å². The van der Waals surface area contributed by atoms with Crippen LogP contribution in [0.3, 0.4) is 0 Å². The van der Waals surface area contributed by atoms with E-state index in [1.807, 2.05) is 4.72 Å². The second-order valence-electron chi connectivity index (χ2n) is 3.20. The van der Waals surface area contributed by atoms with Crippen LogP contribution >= 0.6 is 0 Å². The molecule has 0 saturated heterocycles. The Balaban J connectivity index is 2.99. The third-order valence-corrected chi connectivity index (χ3v) is 3.29. The van der Waals surface area contributed by atoms with Gasteiger partial charge in [0.15, 0.2) is 0 Å². The zero-order chi connectivity index (χ0) is 12.3. The SMILES string of the molecule is Cc1ccc(S(=O)(=O)NCC(N)=O)cc1F. The van der Waals surface area contributed by atoms with Gasteiger partial charge in [-0.15, -0.1) is 0 Å². The van der Waals surface area contributed by atoms with Crippen molar-refractivity contribution in [3.05, 3.63) is 29.6 Å². The first-order valence-corrected chi connectivity index (χ1v) is 5.85. The predicted octanol–water partition coefficient (Wildman–Crippen LogP) is -0.102. The van der Waals surface area contributed by atoms with E-state index in [0.29, 0.717) is 5.56 Å². The molecule has 88 valence electrons. The Labute approximate surface area is 92.5 Å². The van der Waals surface area contributed by atoms with E-state index in [0.717, 1.165) is 6.07 Å². The molecule has 5 nitrogen and oxygen atoms in total. The molecule has 0 saturated carbocycles. The molecule has 7 heteroatoms. The van der Waals surface area contributed by atoms with Gasteiger partial charge < -0.3 is 5.73 Å². The number of amides is 1. The second-order valence-corrected chi connectivity index (χ2v) is 4.97. The Bertz CT molecular complexity index is 513. The molecule has 0 aliphatic carbocycles. The van der Waals surface area contributed by atoms with E-state index in [-0.39, 0.29) is 4.90 Å². The zero-order valence-corrected chi connectivity index (χ0v) is 9.34. The van der Waals surface area contributed by atoms with Crippen molar-refractivity contribution < 1.29 is 17.6 Å². The van der Waals surface area contributed by atoms with Gasteiger partial charge in [-0.1, -0.05) is 6.07 Å². The highest BCUT2D eigenvalue weighted by atomic mass is 32.2. The maximum absolute atomic E-state index is 13.1. The number of hydrogen-bond acceptors (Lipinski definition) is 3. The number of rotatable bonds is 4. The number of benzene rings is 1. The van der Waals surface area contributed by atoms with Crippen LogP contribution in [0.15, 0.2) is 23.1 Å². The summed E-state index contributed by atoms with van der Waals surface area (Å²) in [5, 5.41) is 0. The van der Waals surface area contributed by atoms with E-state index in [2.05, 4.69) is 0 Å². The molecule has 0 bridgehead atoms. The van der Waals surface area contributed by atoms with Crippen molar-refractivity contribution >= 4 is 15.9 Å². The number of aryl methyl sites for hydroxylation is 1. The lowest BCUT2D eigenvalue weighted by Crippen LogP contribution is -2.33. The molecule has 0 fully saturated rings. The summed E-state index contributed by atoms with van der Waals surface area (Å²) in [6.07, 6.45) is 0. The Morgan fingerprint density at radius 3 is 2.62 bits per heavy atom. The average molecular weight is 246 g/mol. The van der Waals surface area contributed by atoms with Crippen LogP contribution < -0.4 is 10.5 Å². The van der Waals surface area contributed by atoms with Crippen LogP contribution in [0, 0.1) is 12.7 Å². The van der Waals surface area contributed by atoms with Gasteiger partial charge in [-0.3, -0.25) is 4.79 Å². The lowest BCUT2D eigenvalue weighted by atomic mass is 10.2. The first-order valence-electron chi connectivity index (χ1n) is 4.37. The number of carbonyl (C=O) groups excluding carboxylic acids is 1. The van der Waals surface area contributed by atoms with Crippen molar-refractivity contribution in [2.24, 2.45) is 5.73 Å². The quantitative estimate of drug-likeness (QED) is 0.777. The maximum Gasteiger partial charge on any atom is 0.241 e. The molecule has 1 rings (SSSR count). The summed E-state index contributed by atoms with van der Waals surface area (Å²) < 4.78 is 38.1. The van der Waals surface area contributed by atoms with E-state index in [9.17, 15) is 17.6 Å². The van der Waals surface area contributed by atoms with E-state index < -0.39 is 28.3 Å². The number of nitrogens with two attached hydrogens (primary N) is 1. The van der Waals surface area contributed by atoms with Gasteiger partial charge in [-0.25, -0.2) is 17.5 Å². The molecule has 3 N–H and O–H groups in total. The molecular weight excluding hydrogens is 235 g/mol. The van der Waals surface area contributed by atoms with Gasteiger partial charge in [0.1, 0.15) is 5.82 Å². The number of nitrogens with one attached hydrogen (secondary N) is 1. The summed E-state index contributed by atoms with van der Waals surface area (Å²) in [6, 6.07) is 3.48.